The second-order valence-corrected chi connectivity index (χ2v) is 8.26. The Bertz CT molecular complexity index is 1410. The lowest BCUT2D eigenvalue weighted by Gasteiger charge is -2.11. The topological polar surface area (TPSA) is 80.1 Å². The number of hydrogen-bond donors (Lipinski definition) is 2. The predicted octanol–water partition coefficient (Wildman–Crippen LogP) is 3.29. The van der Waals surface area contributed by atoms with E-state index in [1.807, 2.05) is 56.6 Å². The molecule has 0 spiro atoms. The van der Waals surface area contributed by atoms with Crippen LogP contribution in [0, 0.1) is 5.82 Å². The number of aromatic amines is 1. The molecule has 0 aliphatic rings. The fourth-order valence-electron chi connectivity index (χ4n) is 3.84. The molecule has 0 radical (unpaired) electrons. The van der Waals surface area contributed by atoms with Gasteiger partial charge < -0.3 is 20.4 Å². The van der Waals surface area contributed by atoms with Crippen LogP contribution in [0.1, 0.15) is 12.0 Å². The van der Waals surface area contributed by atoms with Crippen molar-refractivity contribution in [2.45, 2.75) is 6.42 Å². The highest BCUT2D eigenvalue weighted by Crippen LogP contribution is 2.29. The van der Waals surface area contributed by atoms with Crippen LogP contribution in [0.15, 0.2) is 61.6 Å². The van der Waals surface area contributed by atoms with Gasteiger partial charge in [-0.15, -0.1) is 0 Å². The van der Waals surface area contributed by atoms with E-state index in [0.29, 0.717) is 28.6 Å². The van der Waals surface area contributed by atoms with Crippen LogP contribution in [0.2, 0.25) is 0 Å². The van der Waals surface area contributed by atoms with Crippen molar-refractivity contribution in [3.63, 3.8) is 0 Å². The Morgan fingerprint density at radius 2 is 2.00 bits per heavy atom. The molecule has 0 unspecified atom stereocenters. The molecule has 0 bridgehead atoms. The maximum Gasteiger partial charge on any atom is 0.150 e. The maximum atomic E-state index is 15.2. The van der Waals surface area contributed by atoms with Crippen molar-refractivity contribution >= 4 is 28.9 Å². The van der Waals surface area contributed by atoms with E-state index in [0.717, 1.165) is 40.6 Å². The number of allylic oxidation sites excluding steroid dienone is 1. The number of benzene rings is 1. The summed E-state index contributed by atoms with van der Waals surface area (Å²) in [7, 11) is 4.07. The number of nitrogens with zero attached hydrogens (tertiary/aromatic N) is 3. The molecule has 0 amide bonds. The number of H-pyrrole nitrogens is 1. The van der Waals surface area contributed by atoms with E-state index < -0.39 is 5.82 Å². The van der Waals surface area contributed by atoms with Crippen molar-refractivity contribution in [3.8, 4) is 16.9 Å². The maximum absolute atomic E-state index is 15.2. The van der Waals surface area contributed by atoms with Crippen molar-refractivity contribution in [2.75, 3.05) is 27.2 Å². The molecule has 3 aromatic heterocycles. The van der Waals surface area contributed by atoms with Crippen LogP contribution in [0.25, 0.3) is 40.0 Å². The van der Waals surface area contributed by atoms with Gasteiger partial charge >= 0.3 is 0 Å². The molecule has 3 heterocycles. The number of nitrogens with two attached hydrogens (primary N) is 1. The third-order valence-corrected chi connectivity index (χ3v) is 5.52. The number of nitrogens with one attached hydrogen (secondary N) is 1. The standard InChI is InChI=1S/C27H28FN5O/c1-18(20-6-4-11-30-16-20)14-22-24(15-29)32-27-26(22)25(23(28)17-31-27)19-7-9-21(10-8-19)34-13-5-12-33(2)3/h4,6-11,14-17H,1,5,12-13,29H2,2-3H3,(H,31,32)/b22-14+,24-15+. The lowest BCUT2D eigenvalue weighted by molar-refractivity contribution is 0.281. The molecule has 4 rings (SSSR count). The first-order chi connectivity index (χ1) is 16.5. The monoisotopic (exact) mass is 457 g/mol. The Morgan fingerprint density at radius 3 is 2.68 bits per heavy atom. The molecule has 6 nitrogen and oxygen atoms in total. The van der Waals surface area contributed by atoms with Gasteiger partial charge in [0, 0.05) is 41.3 Å². The van der Waals surface area contributed by atoms with E-state index in [9.17, 15) is 0 Å². The Morgan fingerprint density at radius 1 is 1.21 bits per heavy atom. The van der Waals surface area contributed by atoms with E-state index in [1.165, 1.54) is 12.4 Å². The van der Waals surface area contributed by atoms with Gasteiger partial charge in [-0.1, -0.05) is 24.8 Å². The van der Waals surface area contributed by atoms with Gasteiger partial charge in [-0.3, -0.25) is 4.98 Å². The van der Waals surface area contributed by atoms with Crippen molar-refractivity contribution < 1.29 is 9.13 Å². The molecule has 0 aliphatic heterocycles. The number of rotatable bonds is 8. The second kappa shape index (κ2) is 10.3. The lowest BCUT2D eigenvalue weighted by Crippen LogP contribution is -2.24. The summed E-state index contributed by atoms with van der Waals surface area (Å²) >= 11 is 0. The van der Waals surface area contributed by atoms with Gasteiger partial charge in [0.15, 0.2) is 0 Å². The molecule has 0 fully saturated rings. The minimum Gasteiger partial charge on any atom is -0.494 e. The molecule has 174 valence electrons. The van der Waals surface area contributed by atoms with Gasteiger partial charge in [-0.05, 0) is 61.5 Å². The second-order valence-electron chi connectivity index (χ2n) is 8.26. The van der Waals surface area contributed by atoms with Crippen molar-refractivity contribution in [3.05, 3.63) is 83.5 Å². The summed E-state index contributed by atoms with van der Waals surface area (Å²) in [6, 6.07) is 11.2. The van der Waals surface area contributed by atoms with Crippen molar-refractivity contribution in [2.24, 2.45) is 5.73 Å². The molecule has 7 heteroatoms. The highest BCUT2D eigenvalue weighted by atomic mass is 19.1. The summed E-state index contributed by atoms with van der Waals surface area (Å²) in [6.07, 6.45) is 8.92. The Labute approximate surface area is 197 Å². The van der Waals surface area contributed by atoms with E-state index in [1.54, 1.807) is 12.4 Å². The van der Waals surface area contributed by atoms with Crippen LogP contribution < -0.4 is 21.0 Å². The van der Waals surface area contributed by atoms with E-state index in [-0.39, 0.29) is 0 Å². The zero-order chi connectivity index (χ0) is 24.1. The first-order valence-corrected chi connectivity index (χ1v) is 11.0. The molecule has 0 atom stereocenters. The first kappa shape index (κ1) is 23.2. The lowest BCUT2D eigenvalue weighted by atomic mass is 10.0. The summed E-state index contributed by atoms with van der Waals surface area (Å²) in [5, 5.41) is 2.00. The molecule has 34 heavy (non-hydrogen) atoms. The number of pyridine rings is 2. The Balaban J connectivity index is 1.77. The van der Waals surface area contributed by atoms with E-state index in [2.05, 4.69) is 26.4 Å². The number of hydrogen-bond acceptors (Lipinski definition) is 5. The smallest absolute Gasteiger partial charge is 0.150 e. The highest BCUT2D eigenvalue weighted by Gasteiger charge is 2.15. The number of halogens is 1. The zero-order valence-corrected chi connectivity index (χ0v) is 19.4. The molecule has 1 aromatic carbocycles. The van der Waals surface area contributed by atoms with Crippen LogP contribution in [0.5, 0.6) is 5.75 Å². The highest BCUT2D eigenvalue weighted by molar-refractivity contribution is 5.98. The molecule has 3 N–H and O–H groups in total. The van der Waals surface area contributed by atoms with E-state index >= 15 is 4.39 Å². The fraction of sp³-hybridized carbons (Fsp3) is 0.185. The molecule has 0 saturated carbocycles. The van der Waals surface area contributed by atoms with Crippen LogP contribution >= 0.6 is 0 Å². The van der Waals surface area contributed by atoms with Gasteiger partial charge in [-0.2, -0.15) is 0 Å². The number of ether oxygens (including phenoxy) is 1. The molecular formula is C27H28FN5O. The van der Waals surface area contributed by atoms with Crippen LogP contribution in [-0.4, -0.2) is 47.1 Å². The Hall–Kier alpha value is -3.97. The van der Waals surface area contributed by atoms with Crippen molar-refractivity contribution in [1.29, 1.82) is 0 Å². The third-order valence-electron chi connectivity index (χ3n) is 5.52. The van der Waals surface area contributed by atoms with Crippen molar-refractivity contribution in [1.82, 2.24) is 19.9 Å². The summed E-state index contributed by atoms with van der Waals surface area (Å²) in [6.45, 7) is 5.74. The van der Waals surface area contributed by atoms with Gasteiger partial charge in [0.2, 0.25) is 0 Å². The molecule has 0 aliphatic carbocycles. The average Bonchev–Trinajstić information content (AvgIpc) is 3.20. The molecule has 0 saturated heterocycles. The van der Waals surface area contributed by atoms with Gasteiger partial charge in [0.05, 0.1) is 18.2 Å². The van der Waals surface area contributed by atoms with Crippen LogP contribution in [0.4, 0.5) is 4.39 Å². The normalized spacial score (nSPS) is 12.6. The van der Waals surface area contributed by atoms with Crippen LogP contribution in [-0.2, 0) is 0 Å². The molecule has 4 aromatic rings. The number of aromatic nitrogens is 3. The largest absolute Gasteiger partial charge is 0.494 e. The fourth-order valence-corrected chi connectivity index (χ4v) is 3.84. The quantitative estimate of drug-likeness (QED) is 0.397. The molecular weight excluding hydrogens is 429 g/mol. The average molecular weight is 458 g/mol. The minimum absolute atomic E-state index is 0.420. The third kappa shape index (κ3) is 5.00. The van der Waals surface area contributed by atoms with Crippen LogP contribution in [0.3, 0.4) is 0 Å². The van der Waals surface area contributed by atoms with E-state index in [4.69, 9.17) is 10.5 Å². The predicted molar refractivity (Wildman–Crippen MR) is 136 cm³/mol. The SMILES string of the molecule is C=C(/C=c1\c(=C/N)[nH]c2ncc(F)c(-c3ccc(OCCCN(C)C)cc3)c12)c1cccnc1. The zero-order valence-electron chi connectivity index (χ0n) is 19.4. The number of fused-ring (bicyclic) bond motifs is 1. The Kier molecular flexibility index (Phi) is 7.04. The van der Waals surface area contributed by atoms with Gasteiger partial charge in [0.1, 0.15) is 17.2 Å². The van der Waals surface area contributed by atoms with Gasteiger partial charge in [0.25, 0.3) is 0 Å². The summed E-state index contributed by atoms with van der Waals surface area (Å²) in [5.41, 5.74) is 9.19. The summed E-state index contributed by atoms with van der Waals surface area (Å²) in [4.78, 5) is 13.7. The minimum atomic E-state index is -0.420. The summed E-state index contributed by atoms with van der Waals surface area (Å²) < 4.78 is 21.0. The van der Waals surface area contributed by atoms with Gasteiger partial charge in [-0.25, -0.2) is 9.37 Å². The first-order valence-electron chi connectivity index (χ1n) is 11.0. The summed E-state index contributed by atoms with van der Waals surface area (Å²) in [5.74, 6) is 0.325.